The van der Waals surface area contributed by atoms with E-state index >= 15 is 0 Å². The molecule has 0 saturated heterocycles. The zero-order valence-electron chi connectivity index (χ0n) is 4.88. The maximum absolute atomic E-state index is 11.4. The molecule has 0 aliphatic carbocycles. The van der Waals surface area contributed by atoms with Crippen molar-refractivity contribution in [2.75, 3.05) is 13.3 Å². The Morgan fingerprint density at radius 3 is 1.80 bits per heavy atom. The molecule has 0 amide bonds. The Morgan fingerprint density at radius 2 is 1.70 bits per heavy atom. The Labute approximate surface area is 54.3 Å². The molecule has 0 aliphatic heterocycles. The third-order valence-corrected chi connectivity index (χ3v) is 0.832. The van der Waals surface area contributed by atoms with Crippen LogP contribution in [0, 0.1) is 0 Å². The first-order chi connectivity index (χ1) is 4.52. The topological polar surface area (TPSA) is 0 Å². The van der Waals surface area contributed by atoms with Crippen LogP contribution >= 0.6 is 0 Å². The van der Waals surface area contributed by atoms with Gasteiger partial charge in [-0.05, 0) is 6.08 Å². The van der Waals surface area contributed by atoms with E-state index in [9.17, 15) is 22.0 Å². The van der Waals surface area contributed by atoms with E-state index in [0.717, 1.165) is 0 Å². The molecule has 0 aromatic heterocycles. The summed E-state index contributed by atoms with van der Waals surface area (Å²) in [6.45, 7) is -2.97. The highest BCUT2D eigenvalue weighted by Gasteiger charge is 2.32. The summed E-state index contributed by atoms with van der Waals surface area (Å²) in [7, 11) is 0. The minimum Gasteiger partial charge on any atom is -0.247 e. The second-order valence-electron chi connectivity index (χ2n) is 1.52. The van der Waals surface area contributed by atoms with Gasteiger partial charge in [0.15, 0.2) is 0 Å². The van der Waals surface area contributed by atoms with E-state index < -0.39 is 25.1 Å². The van der Waals surface area contributed by atoms with E-state index in [1.165, 1.54) is 0 Å². The SMILES string of the molecule is FC/C=C(\CF)C(F)(F)F. The van der Waals surface area contributed by atoms with Gasteiger partial charge in [0.05, 0.1) is 5.57 Å². The average molecular weight is 160 g/mol. The van der Waals surface area contributed by atoms with Crippen LogP contribution in [-0.4, -0.2) is 19.5 Å². The van der Waals surface area contributed by atoms with Crippen LogP contribution in [0.3, 0.4) is 0 Å². The molecular formula is C5H5F5. The minimum absolute atomic E-state index is 0.181. The molecule has 0 heterocycles. The van der Waals surface area contributed by atoms with Crippen LogP contribution in [0.1, 0.15) is 0 Å². The van der Waals surface area contributed by atoms with Gasteiger partial charge in [-0.15, -0.1) is 0 Å². The molecule has 0 saturated carbocycles. The van der Waals surface area contributed by atoms with Crippen molar-refractivity contribution in [2.24, 2.45) is 0 Å². The van der Waals surface area contributed by atoms with Gasteiger partial charge in [-0.1, -0.05) is 0 Å². The van der Waals surface area contributed by atoms with Gasteiger partial charge >= 0.3 is 6.18 Å². The molecule has 0 rings (SSSR count). The van der Waals surface area contributed by atoms with Crippen molar-refractivity contribution < 1.29 is 22.0 Å². The highest BCUT2D eigenvalue weighted by molar-refractivity contribution is 5.08. The molecule has 0 fully saturated rings. The smallest absolute Gasteiger partial charge is 0.247 e. The second-order valence-corrected chi connectivity index (χ2v) is 1.52. The van der Waals surface area contributed by atoms with Crippen molar-refractivity contribution in [3.05, 3.63) is 11.6 Å². The Kier molecular flexibility index (Phi) is 3.32. The Morgan fingerprint density at radius 1 is 1.20 bits per heavy atom. The van der Waals surface area contributed by atoms with Crippen molar-refractivity contribution in [3.63, 3.8) is 0 Å². The molecule has 60 valence electrons. The molecule has 0 radical (unpaired) electrons. The van der Waals surface area contributed by atoms with Crippen molar-refractivity contribution in [1.29, 1.82) is 0 Å². The average Bonchev–Trinajstić information content (AvgIpc) is 1.80. The van der Waals surface area contributed by atoms with Gasteiger partial charge in [-0.2, -0.15) is 13.2 Å². The number of allylic oxidation sites excluding steroid dienone is 2. The van der Waals surface area contributed by atoms with Crippen LogP contribution in [-0.2, 0) is 0 Å². The lowest BCUT2D eigenvalue weighted by Crippen LogP contribution is -2.13. The highest BCUT2D eigenvalue weighted by Crippen LogP contribution is 2.25. The lowest BCUT2D eigenvalue weighted by Gasteiger charge is -2.05. The molecule has 0 bridgehead atoms. The van der Waals surface area contributed by atoms with E-state index in [4.69, 9.17) is 0 Å². The highest BCUT2D eigenvalue weighted by atomic mass is 19.4. The summed E-state index contributed by atoms with van der Waals surface area (Å²) in [6.07, 6.45) is -4.55. The van der Waals surface area contributed by atoms with Gasteiger partial charge in [-0.25, -0.2) is 8.78 Å². The van der Waals surface area contributed by atoms with Crippen LogP contribution < -0.4 is 0 Å². The van der Waals surface area contributed by atoms with Crippen LogP contribution in [0.4, 0.5) is 22.0 Å². The van der Waals surface area contributed by atoms with Gasteiger partial charge in [0, 0.05) is 0 Å². The summed E-state index contributed by atoms with van der Waals surface area (Å²) in [5.74, 6) is 0. The van der Waals surface area contributed by atoms with Gasteiger partial charge in [-0.3, -0.25) is 0 Å². The number of alkyl halides is 5. The molecule has 0 aliphatic rings. The molecule has 0 unspecified atom stereocenters. The quantitative estimate of drug-likeness (QED) is 0.429. The summed E-state index contributed by atoms with van der Waals surface area (Å²) in [6, 6.07) is 0. The summed E-state index contributed by atoms with van der Waals surface area (Å²) in [4.78, 5) is 0. The van der Waals surface area contributed by atoms with E-state index in [0.29, 0.717) is 0 Å². The molecule has 10 heavy (non-hydrogen) atoms. The van der Waals surface area contributed by atoms with E-state index in [-0.39, 0.29) is 6.08 Å². The zero-order valence-corrected chi connectivity index (χ0v) is 4.88. The predicted octanol–water partition coefficient (Wildman–Crippen LogP) is 2.41. The molecule has 0 N–H and O–H groups in total. The Balaban J connectivity index is 4.21. The molecule has 5 heteroatoms. The molecule has 0 aromatic carbocycles. The summed E-state index contributed by atoms with van der Waals surface area (Å²) >= 11 is 0. The Bertz CT molecular complexity index is 122. The summed E-state index contributed by atoms with van der Waals surface area (Å²) < 4.78 is 56.9. The lowest BCUT2D eigenvalue weighted by molar-refractivity contribution is -0.0953. The monoisotopic (exact) mass is 160 g/mol. The third kappa shape index (κ3) is 2.80. The summed E-state index contributed by atoms with van der Waals surface area (Å²) in [5, 5.41) is 0. The normalized spacial score (nSPS) is 13.9. The van der Waals surface area contributed by atoms with Gasteiger partial charge in [0.2, 0.25) is 0 Å². The molecule has 0 nitrogen and oxygen atoms in total. The molecule has 0 atom stereocenters. The lowest BCUT2D eigenvalue weighted by atomic mass is 10.3. The van der Waals surface area contributed by atoms with Crippen LogP contribution in [0.15, 0.2) is 11.6 Å². The van der Waals surface area contributed by atoms with Gasteiger partial charge < -0.3 is 0 Å². The number of hydrogen-bond acceptors (Lipinski definition) is 0. The fourth-order valence-electron chi connectivity index (χ4n) is 0.339. The minimum atomic E-state index is -4.74. The summed E-state index contributed by atoms with van der Waals surface area (Å²) in [5.41, 5.74) is -1.46. The number of rotatable bonds is 2. The first-order valence-electron chi connectivity index (χ1n) is 2.40. The maximum Gasteiger partial charge on any atom is 0.414 e. The first-order valence-corrected chi connectivity index (χ1v) is 2.40. The maximum atomic E-state index is 11.4. The van der Waals surface area contributed by atoms with Crippen molar-refractivity contribution in [3.8, 4) is 0 Å². The zero-order chi connectivity index (χ0) is 8.20. The number of hydrogen-bond donors (Lipinski definition) is 0. The van der Waals surface area contributed by atoms with E-state index in [2.05, 4.69) is 0 Å². The Hall–Kier alpha value is -0.610. The van der Waals surface area contributed by atoms with Crippen LogP contribution in [0.2, 0.25) is 0 Å². The third-order valence-electron chi connectivity index (χ3n) is 0.832. The van der Waals surface area contributed by atoms with Gasteiger partial charge in [0.1, 0.15) is 13.3 Å². The fourth-order valence-corrected chi connectivity index (χ4v) is 0.339. The largest absolute Gasteiger partial charge is 0.414 e. The van der Waals surface area contributed by atoms with Crippen LogP contribution in [0.25, 0.3) is 0 Å². The molecular weight excluding hydrogens is 155 g/mol. The van der Waals surface area contributed by atoms with Crippen molar-refractivity contribution >= 4 is 0 Å². The van der Waals surface area contributed by atoms with E-state index in [1.54, 1.807) is 0 Å². The standard InChI is InChI=1S/C5H5F5/c6-2-1-4(3-7)5(8,9)10/h1H,2-3H2/b4-1+. The molecule has 0 spiro atoms. The molecule has 0 aromatic rings. The fraction of sp³-hybridized carbons (Fsp3) is 0.600. The van der Waals surface area contributed by atoms with E-state index in [1.807, 2.05) is 0 Å². The first kappa shape index (κ1) is 9.39. The predicted molar refractivity (Wildman–Crippen MR) is 26.1 cm³/mol. The van der Waals surface area contributed by atoms with Crippen molar-refractivity contribution in [1.82, 2.24) is 0 Å². The number of halogens is 5. The van der Waals surface area contributed by atoms with Crippen molar-refractivity contribution in [2.45, 2.75) is 6.18 Å². The van der Waals surface area contributed by atoms with Crippen LogP contribution in [0.5, 0.6) is 0 Å². The second kappa shape index (κ2) is 3.53. The van der Waals surface area contributed by atoms with Gasteiger partial charge in [0.25, 0.3) is 0 Å².